The summed E-state index contributed by atoms with van der Waals surface area (Å²) in [6.07, 6.45) is -0.659. The Labute approximate surface area is 256 Å². The Balaban J connectivity index is 1.44. The number of fused-ring (bicyclic) bond motifs is 2. The second kappa shape index (κ2) is 12.6. The van der Waals surface area contributed by atoms with E-state index >= 15 is 0 Å². The van der Waals surface area contributed by atoms with Gasteiger partial charge < -0.3 is 34.4 Å². The first-order valence-corrected chi connectivity index (χ1v) is 15.7. The van der Waals surface area contributed by atoms with Gasteiger partial charge in [0.25, 0.3) is 15.9 Å². The minimum atomic E-state index is -4.03. The van der Waals surface area contributed by atoms with Gasteiger partial charge in [0.05, 0.1) is 35.3 Å². The van der Waals surface area contributed by atoms with Gasteiger partial charge in [-0.05, 0) is 50.2 Å². The van der Waals surface area contributed by atoms with Gasteiger partial charge in [0.1, 0.15) is 6.10 Å². The third-order valence-electron chi connectivity index (χ3n) is 7.69. The fraction of sp³-hybridized carbons (Fsp3) is 0.355. The molecule has 3 aromatic carbocycles. The van der Waals surface area contributed by atoms with E-state index in [0.717, 1.165) is 5.56 Å². The predicted molar refractivity (Wildman–Crippen MR) is 164 cm³/mol. The molecule has 234 valence electrons. The van der Waals surface area contributed by atoms with Crippen LogP contribution >= 0.6 is 0 Å². The van der Waals surface area contributed by atoms with Crippen LogP contribution in [0.2, 0.25) is 0 Å². The third kappa shape index (κ3) is 6.53. The zero-order valence-electron chi connectivity index (χ0n) is 24.9. The molecule has 2 aliphatic rings. The van der Waals surface area contributed by atoms with Crippen molar-refractivity contribution in [2.75, 3.05) is 43.6 Å². The molecule has 0 spiro atoms. The van der Waals surface area contributed by atoms with Crippen molar-refractivity contribution >= 4 is 33.3 Å². The first-order chi connectivity index (χ1) is 21.0. The van der Waals surface area contributed by atoms with Crippen LogP contribution in [0.5, 0.6) is 17.2 Å². The van der Waals surface area contributed by atoms with E-state index in [1.165, 1.54) is 23.1 Å². The monoisotopic (exact) mass is 624 g/mol. The summed E-state index contributed by atoms with van der Waals surface area (Å²) in [5.74, 6) is 0.449. The van der Waals surface area contributed by atoms with Crippen molar-refractivity contribution in [1.29, 1.82) is 0 Å². The number of aliphatic hydroxyl groups is 1. The van der Waals surface area contributed by atoms with Crippen molar-refractivity contribution in [2.45, 2.75) is 37.8 Å². The number of carbonyl (C=O) groups excluding carboxylic acids is 2. The number of benzene rings is 3. The zero-order chi connectivity index (χ0) is 31.6. The Morgan fingerprint density at radius 3 is 2.57 bits per heavy atom. The summed E-state index contributed by atoms with van der Waals surface area (Å²) in [5.41, 5.74) is 1.65. The van der Waals surface area contributed by atoms with Crippen molar-refractivity contribution in [3.8, 4) is 17.2 Å². The molecule has 0 aromatic heterocycles. The molecule has 13 heteroatoms. The Morgan fingerprint density at radius 1 is 1.11 bits per heavy atom. The summed E-state index contributed by atoms with van der Waals surface area (Å²) in [7, 11) is -2.42. The van der Waals surface area contributed by atoms with E-state index in [9.17, 15) is 23.1 Å². The maximum atomic E-state index is 13.7. The minimum Gasteiger partial charge on any atom is -0.485 e. The van der Waals surface area contributed by atoms with E-state index < -0.39 is 34.1 Å². The van der Waals surface area contributed by atoms with Gasteiger partial charge in [-0.15, -0.1) is 0 Å². The number of hydrogen-bond acceptors (Lipinski definition) is 8. The molecule has 3 atom stereocenters. The molecule has 3 N–H and O–H groups in total. The number of carbonyl (C=O) groups is 2. The molecule has 3 amide bonds. The molecule has 2 aliphatic heterocycles. The number of nitrogens with one attached hydrogen (secondary N) is 2. The molecule has 0 saturated carbocycles. The molecule has 44 heavy (non-hydrogen) atoms. The molecule has 0 unspecified atom stereocenters. The number of nitrogens with zero attached hydrogens (tertiary/aromatic N) is 2. The number of ether oxygens (including phenoxy) is 3. The maximum Gasteiger partial charge on any atom is 0.321 e. The van der Waals surface area contributed by atoms with Crippen LogP contribution in [0.4, 0.5) is 16.2 Å². The van der Waals surface area contributed by atoms with E-state index in [0.29, 0.717) is 17.2 Å². The number of sulfonamides is 1. The number of anilines is 2. The minimum absolute atomic E-state index is 0.0458. The van der Waals surface area contributed by atoms with E-state index in [4.69, 9.17) is 14.2 Å². The van der Waals surface area contributed by atoms with E-state index in [1.54, 1.807) is 61.3 Å². The van der Waals surface area contributed by atoms with Gasteiger partial charge in [0.15, 0.2) is 17.2 Å². The lowest BCUT2D eigenvalue weighted by atomic mass is 9.99. The van der Waals surface area contributed by atoms with E-state index in [2.05, 4.69) is 10.0 Å². The average Bonchev–Trinajstić information content (AvgIpc) is 3.47. The van der Waals surface area contributed by atoms with Crippen LogP contribution in [0.1, 0.15) is 29.8 Å². The molecular formula is C31H36N4O8S. The number of para-hydroxylation sites is 1. The molecule has 0 fully saturated rings. The highest BCUT2D eigenvalue weighted by molar-refractivity contribution is 7.92. The summed E-state index contributed by atoms with van der Waals surface area (Å²) in [6, 6.07) is 15.2. The molecule has 2 heterocycles. The van der Waals surface area contributed by atoms with Gasteiger partial charge in [-0.2, -0.15) is 0 Å². The van der Waals surface area contributed by atoms with Crippen LogP contribution in [0.15, 0.2) is 65.6 Å². The smallest absolute Gasteiger partial charge is 0.321 e. The van der Waals surface area contributed by atoms with E-state index in [1.807, 2.05) is 13.8 Å². The third-order valence-corrected chi connectivity index (χ3v) is 9.07. The lowest BCUT2D eigenvalue weighted by Crippen LogP contribution is -2.50. The number of aryl methyl sites for hydroxylation is 1. The number of urea groups is 1. The van der Waals surface area contributed by atoms with Crippen molar-refractivity contribution in [3.63, 3.8) is 0 Å². The van der Waals surface area contributed by atoms with Gasteiger partial charge in [-0.1, -0.05) is 30.7 Å². The van der Waals surface area contributed by atoms with Crippen molar-refractivity contribution < 1.29 is 37.3 Å². The summed E-state index contributed by atoms with van der Waals surface area (Å²) in [6.45, 7) is 5.65. The first-order valence-electron chi connectivity index (χ1n) is 14.2. The molecule has 3 aromatic rings. The summed E-state index contributed by atoms with van der Waals surface area (Å²) in [5, 5.41) is 12.8. The van der Waals surface area contributed by atoms with Gasteiger partial charge >= 0.3 is 6.03 Å². The highest BCUT2D eigenvalue weighted by atomic mass is 32.2. The lowest BCUT2D eigenvalue weighted by molar-refractivity contribution is 0.0373. The van der Waals surface area contributed by atoms with Gasteiger partial charge in [-0.25, -0.2) is 13.2 Å². The Hall–Kier alpha value is -4.49. The molecule has 0 saturated heterocycles. The molecule has 5 rings (SSSR count). The number of hydrogen-bond donors (Lipinski definition) is 3. The maximum absolute atomic E-state index is 13.7. The molecular weight excluding hydrogens is 588 g/mol. The zero-order valence-corrected chi connectivity index (χ0v) is 25.8. The number of rotatable bonds is 8. The second-order valence-corrected chi connectivity index (χ2v) is 12.8. The average molecular weight is 625 g/mol. The van der Waals surface area contributed by atoms with Crippen LogP contribution in [0.25, 0.3) is 0 Å². The Kier molecular flexibility index (Phi) is 8.88. The van der Waals surface area contributed by atoms with Crippen LogP contribution in [0, 0.1) is 12.8 Å². The van der Waals surface area contributed by atoms with Crippen molar-refractivity contribution in [3.05, 3.63) is 71.8 Å². The lowest BCUT2D eigenvalue weighted by Gasteiger charge is -2.38. The fourth-order valence-corrected chi connectivity index (χ4v) is 6.07. The topological polar surface area (TPSA) is 147 Å². The Morgan fingerprint density at radius 2 is 1.84 bits per heavy atom. The van der Waals surface area contributed by atoms with Crippen LogP contribution in [-0.4, -0.2) is 80.9 Å². The predicted octanol–water partition coefficient (Wildman–Crippen LogP) is 3.91. The SMILES string of the molecule is Cc1ccc(S(=O)(=O)Nc2cccc3c2O[C@@H](CN(C)C(=O)Nc2ccc4c(c2)OCO4)[C@H](C)CN([C@H](C)CO)C3=O)cc1. The second-order valence-electron chi connectivity index (χ2n) is 11.1. The highest BCUT2D eigenvalue weighted by Crippen LogP contribution is 2.37. The molecule has 0 bridgehead atoms. The standard InChI is InChI=1S/C31H36N4O8S/c1-19-8-11-23(12-9-19)44(39,40)33-25-7-5-6-24-29(25)43-28(20(2)15-35(30(24)37)21(3)17-36)16-34(4)31(38)32-22-10-13-26-27(14-22)42-18-41-26/h5-14,20-21,28,33,36H,15-18H2,1-4H3,(H,32,38)/t20-,21-,28+/m1/s1. The summed E-state index contributed by atoms with van der Waals surface area (Å²) < 4.78 is 46.4. The van der Waals surface area contributed by atoms with Crippen molar-refractivity contribution in [2.24, 2.45) is 5.92 Å². The summed E-state index contributed by atoms with van der Waals surface area (Å²) >= 11 is 0. The molecule has 12 nitrogen and oxygen atoms in total. The molecule has 0 aliphatic carbocycles. The van der Waals surface area contributed by atoms with Crippen molar-refractivity contribution in [1.82, 2.24) is 9.80 Å². The van der Waals surface area contributed by atoms with Crippen LogP contribution < -0.4 is 24.2 Å². The quantitative estimate of drug-likeness (QED) is 0.342. The molecule has 0 radical (unpaired) electrons. The highest BCUT2D eigenvalue weighted by Gasteiger charge is 2.35. The van der Waals surface area contributed by atoms with Gasteiger partial charge in [-0.3, -0.25) is 9.52 Å². The summed E-state index contributed by atoms with van der Waals surface area (Å²) in [4.78, 5) is 30.0. The van der Waals surface area contributed by atoms with Gasteiger partial charge in [0, 0.05) is 31.3 Å². The van der Waals surface area contributed by atoms with Gasteiger partial charge in [0.2, 0.25) is 6.79 Å². The number of aliphatic hydroxyl groups excluding tert-OH is 1. The van der Waals surface area contributed by atoms with E-state index in [-0.39, 0.29) is 54.3 Å². The fourth-order valence-electron chi connectivity index (χ4n) is 5.01. The first kappa shape index (κ1) is 31.0. The number of amides is 3. The number of likely N-dealkylation sites (N-methyl/N-ethyl adjacent to an activating group) is 1. The Bertz CT molecular complexity index is 1650. The largest absolute Gasteiger partial charge is 0.485 e. The van der Waals surface area contributed by atoms with Crippen LogP contribution in [-0.2, 0) is 10.0 Å². The van der Waals surface area contributed by atoms with Crippen LogP contribution in [0.3, 0.4) is 0 Å². The normalized spacial score (nSPS) is 18.4.